The molecule has 0 amide bonds. The summed E-state index contributed by atoms with van der Waals surface area (Å²) in [6.45, 7) is 1.98. The van der Waals surface area contributed by atoms with Gasteiger partial charge in [0.2, 0.25) is 0 Å². The molecular formula is C16H18ClN3. The lowest BCUT2D eigenvalue weighted by Crippen LogP contribution is -2.08. The van der Waals surface area contributed by atoms with Gasteiger partial charge >= 0.3 is 0 Å². The van der Waals surface area contributed by atoms with Crippen LogP contribution in [0.25, 0.3) is 0 Å². The Morgan fingerprint density at radius 3 is 2.15 bits per heavy atom. The monoisotopic (exact) mass is 287 g/mol. The summed E-state index contributed by atoms with van der Waals surface area (Å²) in [6.07, 6.45) is 0. The zero-order valence-electron chi connectivity index (χ0n) is 11.9. The van der Waals surface area contributed by atoms with Crippen LogP contribution in [0.5, 0.6) is 0 Å². The molecule has 0 saturated heterocycles. The average Bonchev–Trinajstić information content (AvgIpc) is 2.46. The van der Waals surface area contributed by atoms with Gasteiger partial charge in [0.15, 0.2) is 0 Å². The molecule has 0 bridgehead atoms. The van der Waals surface area contributed by atoms with E-state index in [0.717, 1.165) is 22.0 Å². The van der Waals surface area contributed by atoms with Gasteiger partial charge in [-0.1, -0.05) is 23.7 Å². The van der Waals surface area contributed by atoms with Gasteiger partial charge in [0.25, 0.3) is 0 Å². The number of hydrogen-bond donors (Lipinski definition) is 1. The number of hydrogen-bond acceptors (Lipinski definition) is 3. The summed E-state index contributed by atoms with van der Waals surface area (Å²) in [5.41, 5.74) is 7.15. The third kappa shape index (κ3) is 3.75. The van der Waals surface area contributed by atoms with Gasteiger partial charge in [0.1, 0.15) is 0 Å². The van der Waals surface area contributed by atoms with E-state index in [2.05, 4.69) is 39.7 Å². The number of hydrazone groups is 1. The first kappa shape index (κ1) is 14.4. The van der Waals surface area contributed by atoms with Crippen LogP contribution < -0.4 is 10.3 Å². The van der Waals surface area contributed by atoms with Gasteiger partial charge in [-0.2, -0.15) is 5.10 Å². The lowest BCUT2D eigenvalue weighted by atomic mass is 10.1. The van der Waals surface area contributed by atoms with Crippen molar-refractivity contribution in [3.63, 3.8) is 0 Å². The molecule has 2 aromatic carbocycles. The van der Waals surface area contributed by atoms with E-state index >= 15 is 0 Å². The zero-order chi connectivity index (χ0) is 14.5. The Bertz CT molecular complexity index is 586. The SMILES string of the molecule is C/C(=N/Nc1ccc(Cl)cc1)c1ccc(N(C)C)cc1. The summed E-state index contributed by atoms with van der Waals surface area (Å²) in [4.78, 5) is 2.07. The second kappa shape index (κ2) is 6.44. The fourth-order valence-corrected chi connectivity index (χ4v) is 1.86. The summed E-state index contributed by atoms with van der Waals surface area (Å²) in [7, 11) is 4.05. The van der Waals surface area contributed by atoms with Gasteiger partial charge in [0, 0.05) is 24.8 Å². The Morgan fingerprint density at radius 1 is 1.00 bits per heavy atom. The van der Waals surface area contributed by atoms with E-state index in [9.17, 15) is 0 Å². The number of halogens is 1. The molecule has 20 heavy (non-hydrogen) atoms. The summed E-state index contributed by atoms with van der Waals surface area (Å²) in [5.74, 6) is 0. The van der Waals surface area contributed by atoms with E-state index in [1.165, 1.54) is 5.69 Å². The number of nitrogens with zero attached hydrogens (tertiary/aromatic N) is 2. The second-order valence-corrected chi connectivity index (χ2v) is 5.19. The molecule has 2 aromatic rings. The quantitative estimate of drug-likeness (QED) is 0.673. The van der Waals surface area contributed by atoms with E-state index in [-0.39, 0.29) is 0 Å². The largest absolute Gasteiger partial charge is 0.378 e. The van der Waals surface area contributed by atoms with E-state index in [1.54, 1.807) is 0 Å². The maximum absolute atomic E-state index is 5.84. The highest BCUT2D eigenvalue weighted by Gasteiger charge is 1.99. The van der Waals surface area contributed by atoms with Crippen molar-refractivity contribution in [3.8, 4) is 0 Å². The third-order valence-electron chi connectivity index (χ3n) is 3.00. The number of rotatable bonds is 4. The molecule has 0 saturated carbocycles. The van der Waals surface area contributed by atoms with Crippen molar-refractivity contribution in [2.45, 2.75) is 6.92 Å². The third-order valence-corrected chi connectivity index (χ3v) is 3.25. The molecule has 0 spiro atoms. The highest BCUT2D eigenvalue weighted by molar-refractivity contribution is 6.30. The van der Waals surface area contributed by atoms with Crippen LogP contribution in [0.2, 0.25) is 5.02 Å². The van der Waals surface area contributed by atoms with Gasteiger partial charge in [-0.05, 0) is 48.9 Å². The highest BCUT2D eigenvalue weighted by Crippen LogP contribution is 2.15. The Labute approximate surface area is 124 Å². The molecule has 104 valence electrons. The summed E-state index contributed by atoms with van der Waals surface area (Å²) in [6, 6.07) is 15.8. The smallest absolute Gasteiger partial charge is 0.0648 e. The highest BCUT2D eigenvalue weighted by atomic mass is 35.5. The van der Waals surface area contributed by atoms with Crippen molar-refractivity contribution >= 4 is 28.7 Å². The number of benzene rings is 2. The van der Waals surface area contributed by atoms with Gasteiger partial charge < -0.3 is 4.90 Å². The molecule has 0 aromatic heterocycles. The van der Waals surface area contributed by atoms with Crippen LogP contribution in [-0.2, 0) is 0 Å². The fourth-order valence-electron chi connectivity index (χ4n) is 1.74. The van der Waals surface area contributed by atoms with E-state index < -0.39 is 0 Å². The predicted molar refractivity (Wildman–Crippen MR) is 88.1 cm³/mol. The first-order chi connectivity index (χ1) is 9.56. The van der Waals surface area contributed by atoms with Crippen molar-refractivity contribution in [3.05, 3.63) is 59.1 Å². The number of nitrogens with one attached hydrogen (secondary N) is 1. The molecule has 1 N–H and O–H groups in total. The molecule has 0 atom stereocenters. The molecule has 0 heterocycles. The van der Waals surface area contributed by atoms with Gasteiger partial charge in [-0.25, -0.2) is 0 Å². The lowest BCUT2D eigenvalue weighted by molar-refractivity contribution is 1.13. The molecule has 2 rings (SSSR count). The maximum Gasteiger partial charge on any atom is 0.0648 e. The van der Waals surface area contributed by atoms with Crippen LogP contribution in [0.1, 0.15) is 12.5 Å². The lowest BCUT2D eigenvalue weighted by Gasteiger charge is -2.12. The molecule has 0 unspecified atom stereocenters. The number of anilines is 2. The topological polar surface area (TPSA) is 27.6 Å². The van der Waals surface area contributed by atoms with E-state index in [0.29, 0.717) is 0 Å². The van der Waals surface area contributed by atoms with Crippen molar-refractivity contribution in [1.29, 1.82) is 0 Å². The Hall–Kier alpha value is -2.00. The summed E-state index contributed by atoms with van der Waals surface area (Å²) in [5, 5.41) is 5.10. The van der Waals surface area contributed by atoms with Gasteiger partial charge in [0.05, 0.1) is 11.4 Å². The fraction of sp³-hybridized carbons (Fsp3) is 0.188. The van der Waals surface area contributed by atoms with Gasteiger partial charge in [-0.3, -0.25) is 5.43 Å². The van der Waals surface area contributed by atoms with Crippen LogP contribution in [0.4, 0.5) is 11.4 Å². The Morgan fingerprint density at radius 2 is 1.60 bits per heavy atom. The maximum atomic E-state index is 5.84. The standard InChI is InChI=1S/C16H18ClN3/c1-12(13-4-10-16(11-5-13)20(2)3)18-19-15-8-6-14(17)7-9-15/h4-11,19H,1-3H3/b18-12-. The van der Waals surface area contributed by atoms with Crippen LogP contribution in [-0.4, -0.2) is 19.8 Å². The van der Waals surface area contributed by atoms with Crippen LogP contribution in [0.15, 0.2) is 53.6 Å². The van der Waals surface area contributed by atoms with Crippen LogP contribution in [0, 0.1) is 0 Å². The molecule has 3 nitrogen and oxygen atoms in total. The van der Waals surface area contributed by atoms with Crippen LogP contribution >= 0.6 is 11.6 Å². The first-order valence-corrected chi connectivity index (χ1v) is 6.77. The molecule has 0 aliphatic rings. The Balaban J connectivity index is 2.08. The minimum atomic E-state index is 0.718. The van der Waals surface area contributed by atoms with E-state index in [4.69, 9.17) is 11.6 Å². The molecule has 0 aliphatic carbocycles. The molecule has 0 fully saturated rings. The zero-order valence-corrected chi connectivity index (χ0v) is 12.6. The van der Waals surface area contributed by atoms with Crippen molar-refractivity contribution in [2.75, 3.05) is 24.4 Å². The van der Waals surface area contributed by atoms with Crippen LogP contribution in [0.3, 0.4) is 0 Å². The van der Waals surface area contributed by atoms with Gasteiger partial charge in [-0.15, -0.1) is 0 Å². The molecule has 4 heteroatoms. The summed E-state index contributed by atoms with van der Waals surface area (Å²) < 4.78 is 0. The molecular weight excluding hydrogens is 270 g/mol. The van der Waals surface area contributed by atoms with Crippen molar-refractivity contribution < 1.29 is 0 Å². The first-order valence-electron chi connectivity index (χ1n) is 6.40. The predicted octanol–water partition coefficient (Wildman–Crippen LogP) is 4.24. The molecule has 0 radical (unpaired) electrons. The second-order valence-electron chi connectivity index (χ2n) is 4.76. The van der Waals surface area contributed by atoms with Crippen molar-refractivity contribution in [2.24, 2.45) is 5.10 Å². The normalized spacial score (nSPS) is 11.3. The Kier molecular flexibility index (Phi) is 4.64. The van der Waals surface area contributed by atoms with Crippen molar-refractivity contribution in [1.82, 2.24) is 0 Å². The average molecular weight is 288 g/mol. The minimum Gasteiger partial charge on any atom is -0.378 e. The minimum absolute atomic E-state index is 0.718. The summed E-state index contributed by atoms with van der Waals surface area (Å²) >= 11 is 5.84. The van der Waals surface area contributed by atoms with E-state index in [1.807, 2.05) is 45.3 Å². The molecule has 0 aliphatic heterocycles.